The van der Waals surface area contributed by atoms with Gasteiger partial charge in [-0.3, -0.25) is 5.10 Å². The lowest BCUT2D eigenvalue weighted by molar-refractivity contribution is -0.00221. The molecule has 2 unspecified atom stereocenters. The Hall–Kier alpha value is -1.85. The summed E-state index contributed by atoms with van der Waals surface area (Å²) in [4.78, 5) is 0.196. The van der Waals surface area contributed by atoms with Crippen LogP contribution in [0.15, 0.2) is 40.3 Å². The molecule has 1 N–H and O–H groups in total. The number of benzene rings is 1. The molecule has 0 amide bonds. The predicted octanol–water partition coefficient (Wildman–Crippen LogP) is 2.80. The molecule has 1 aliphatic rings. The van der Waals surface area contributed by atoms with Gasteiger partial charge in [0.2, 0.25) is 0 Å². The fourth-order valence-corrected chi connectivity index (χ4v) is 5.74. The molecule has 2 heterocycles. The quantitative estimate of drug-likeness (QED) is 0.776. The van der Waals surface area contributed by atoms with Crippen LogP contribution in [0.25, 0.3) is 0 Å². The number of aromatic nitrogens is 2. The third kappa shape index (κ3) is 3.58. The van der Waals surface area contributed by atoms with E-state index in [0.717, 1.165) is 11.6 Å². The number of H-pyrrole nitrogens is 1. The van der Waals surface area contributed by atoms with Crippen LogP contribution < -0.4 is 0 Å². The Labute approximate surface area is 161 Å². The topological polar surface area (TPSA) is 106 Å². The van der Waals surface area contributed by atoms with Crippen molar-refractivity contribution in [1.82, 2.24) is 10.2 Å². The molecule has 28 heavy (non-hydrogen) atoms. The van der Waals surface area contributed by atoms with E-state index in [1.165, 1.54) is 6.07 Å². The fraction of sp³-hybridized carbons (Fsp3) is 0.471. The van der Waals surface area contributed by atoms with Crippen LogP contribution in [-0.4, -0.2) is 44.1 Å². The summed E-state index contributed by atoms with van der Waals surface area (Å²) in [5.41, 5.74) is 0.952. The third-order valence-corrected chi connectivity index (χ3v) is 8.77. The number of sulfone groups is 2. The van der Waals surface area contributed by atoms with Crippen molar-refractivity contribution < 1.29 is 30.4 Å². The molecule has 3 rings (SSSR count). The van der Waals surface area contributed by atoms with E-state index in [9.17, 15) is 25.6 Å². The monoisotopic (exact) mass is 434 g/mol. The molecule has 0 spiro atoms. The van der Waals surface area contributed by atoms with Crippen LogP contribution in [0.1, 0.15) is 37.1 Å². The van der Waals surface area contributed by atoms with E-state index in [1.54, 1.807) is 32.0 Å². The van der Waals surface area contributed by atoms with Gasteiger partial charge in [-0.05, 0) is 44.4 Å². The lowest BCUT2D eigenvalue weighted by atomic mass is 9.95. The highest BCUT2D eigenvalue weighted by Crippen LogP contribution is 2.41. The molecule has 2 atom stereocenters. The van der Waals surface area contributed by atoms with Crippen molar-refractivity contribution >= 4 is 19.7 Å². The number of nitrogens with one attached hydrogen (secondary N) is 1. The van der Waals surface area contributed by atoms with Gasteiger partial charge in [0, 0.05) is 12.7 Å². The summed E-state index contributed by atoms with van der Waals surface area (Å²) in [6, 6.07) is 7.55. The van der Waals surface area contributed by atoms with Crippen LogP contribution >= 0.6 is 0 Å². The molecule has 2 aromatic rings. The molecular formula is C17H20F2N2O5S2. The molecule has 0 saturated carbocycles. The average molecular weight is 434 g/mol. The van der Waals surface area contributed by atoms with E-state index in [2.05, 4.69) is 10.2 Å². The second-order valence-electron chi connectivity index (χ2n) is 7.05. The molecule has 0 radical (unpaired) electrons. The zero-order chi connectivity index (χ0) is 20.7. The van der Waals surface area contributed by atoms with Gasteiger partial charge in [-0.1, -0.05) is 12.1 Å². The highest BCUT2D eigenvalue weighted by molar-refractivity contribution is 7.92. The number of nitrogens with zero attached hydrogens (tertiary/aromatic N) is 1. The van der Waals surface area contributed by atoms with Gasteiger partial charge in [-0.15, -0.1) is 0 Å². The lowest BCUT2D eigenvalue weighted by Crippen LogP contribution is -2.42. The Balaban J connectivity index is 1.91. The van der Waals surface area contributed by atoms with E-state index >= 15 is 0 Å². The van der Waals surface area contributed by atoms with Gasteiger partial charge >= 0.3 is 5.76 Å². The number of alkyl halides is 2. The standard InChI is InChI=1S/C17H20F2N2O5S2/c1-11-4-3-5-12(8-11)28(24,25)17(2)6-7-26-14(10-17)13-9-15(21-20-13)27(22,23)16(18)19/h3-5,8-9,14,16H,6-7,10H2,1-2H3,(H,20,21). The Kier molecular flexibility index (Phi) is 5.36. The van der Waals surface area contributed by atoms with Gasteiger partial charge in [0.1, 0.15) is 6.10 Å². The molecule has 7 nitrogen and oxygen atoms in total. The van der Waals surface area contributed by atoms with Crippen LogP contribution in [0.2, 0.25) is 0 Å². The lowest BCUT2D eigenvalue weighted by Gasteiger charge is -2.37. The van der Waals surface area contributed by atoms with Gasteiger partial charge in [0.25, 0.3) is 9.84 Å². The zero-order valence-corrected chi connectivity index (χ0v) is 16.9. The third-order valence-electron chi connectivity index (χ3n) is 4.96. The Bertz CT molecular complexity index is 1080. The SMILES string of the molecule is Cc1cccc(S(=O)(=O)C2(C)CCOC(c3cc(S(=O)(=O)C(F)F)n[nH]3)C2)c1. The number of hydrogen-bond donors (Lipinski definition) is 1. The van der Waals surface area contributed by atoms with Crippen molar-refractivity contribution in [2.45, 2.75) is 53.2 Å². The van der Waals surface area contributed by atoms with E-state index in [-0.39, 0.29) is 30.0 Å². The normalized spacial score (nSPS) is 23.8. The maximum atomic E-state index is 13.2. The summed E-state index contributed by atoms with van der Waals surface area (Å²) in [5.74, 6) is -3.59. The molecule has 0 bridgehead atoms. The first kappa shape index (κ1) is 20.9. The van der Waals surface area contributed by atoms with E-state index in [1.807, 2.05) is 0 Å². The van der Waals surface area contributed by atoms with E-state index in [4.69, 9.17) is 4.74 Å². The molecule has 0 aliphatic carbocycles. The summed E-state index contributed by atoms with van der Waals surface area (Å²) in [7, 11) is -8.56. The summed E-state index contributed by atoms with van der Waals surface area (Å²) in [6.07, 6.45) is -0.539. The number of hydrogen-bond acceptors (Lipinski definition) is 6. The van der Waals surface area contributed by atoms with Crippen LogP contribution in [0, 0.1) is 6.92 Å². The number of aromatic amines is 1. The van der Waals surface area contributed by atoms with Crippen molar-refractivity contribution in [1.29, 1.82) is 0 Å². The first-order chi connectivity index (χ1) is 13.0. The maximum Gasteiger partial charge on any atom is 0.342 e. The van der Waals surface area contributed by atoms with Crippen LogP contribution in [-0.2, 0) is 24.4 Å². The Morgan fingerprint density at radius 3 is 2.61 bits per heavy atom. The van der Waals surface area contributed by atoms with Crippen molar-refractivity contribution in [2.24, 2.45) is 0 Å². The average Bonchev–Trinajstić information content (AvgIpc) is 3.12. The summed E-state index contributed by atoms with van der Waals surface area (Å²) < 4.78 is 79.4. The predicted molar refractivity (Wildman–Crippen MR) is 96.5 cm³/mol. The summed E-state index contributed by atoms with van der Waals surface area (Å²) in [5, 5.41) is 5.04. The van der Waals surface area contributed by atoms with Gasteiger partial charge < -0.3 is 4.74 Å². The minimum atomic E-state index is -4.85. The van der Waals surface area contributed by atoms with Crippen molar-refractivity contribution in [3.63, 3.8) is 0 Å². The fourth-order valence-electron chi connectivity index (χ4n) is 3.20. The van der Waals surface area contributed by atoms with Gasteiger partial charge in [-0.25, -0.2) is 16.8 Å². The number of ether oxygens (including phenoxy) is 1. The van der Waals surface area contributed by atoms with Crippen molar-refractivity contribution in [3.8, 4) is 0 Å². The second-order valence-corrected chi connectivity index (χ2v) is 11.4. The van der Waals surface area contributed by atoms with Gasteiger partial charge in [0.15, 0.2) is 14.9 Å². The molecular weight excluding hydrogens is 414 g/mol. The molecule has 154 valence electrons. The first-order valence-electron chi connectivity index (χ1n) is 8.48. The Morgan fingerprint density at radius 1 is 1.25 bits per heavy atom. The van der Waals surface area contributed by atoms with Gasteiger partial charge in [0.05, 0.1) is 15.3 Å². The molecule has 1 saturated heterocycles. The van der Waals surface area contributed by atoms with Crippen LogP contribution in [0.5, 0.6) is 0 Å². The number of halogens is 2. The van der Waals surface area contributed by atoms with Crippen LogP contribution in [0.4, 0.5) is 8.78 Å². The Morgan fingerprint density at radius 2 is 1.96 bits per heavy atom. The molecule has 1 fully saturated rings. The zero-order valence-electron chi connectivity index (χ0n) is 15.2. The molecule has 1 aliphatic heterocycles. The van der Waals surface area contributed by atoms with Crippen molar-refractivity contribution in [3.05, 3.63) is 41.6 Å². The van der Waals surface area contributed by atoms with Crippen molar-refractivity contribution in [2.75, 3.05) is 6.61 Å². The van der Waals surface area contributed by atoms with Crippen LogP contribution in [0.3, 0.4) is 0 Å². The first-order valence-corrected chi connectivity index (χ1v) is 11.5. The molecule has 1 aromatic carbocycles. The number of rotatable bonds is 5. The number of aryl methyl sites for hydroxylation is 1. The van der Waals surface area contributed by atoms with Gasteiger partial charge in [-0.2, -0.15) is 13.9 Å². The second kappa shape index (κ2) is 7.20. The molecule has 11 heteroatoms. The highest BCUT2D eigenvalue weighted by Gasteiger charge is 2.45. The minimum Gasteiger partial charge on any atom is -0.372 e. The largest absolute Gasteiger partial charge is 0.372 e. The minimum absolute atomic E-state index is 0.0274. The van der Waals surface area contributed by atoms with E-state index < -0.39 is 41.3 Å². The summed E-state index contributed by atoms with van der Waals surface area (Å²) >= 11 is 0. The molecule has 1 aromatic heterocycles. The smallest absolute Gasteiger partial charge is 0.342 e. The van der Waals surface area contributed by atoms with E-state index in [0.29, 0.717) is 0 Å². The highest BCUT2D eigenvalue weighted by atomic mass is 32.2. The summed E-state index contributed by atoms with van der Waals surface area (Å²) in [6.45, 7) is 3.51. The maximum absolute atomic E-state index is 13.2.